The predicted molar refractivity (Wildman–Crippen MR) is 160 cm³/mol. The zero-order chi connectivity index (χ0) is 28.5. The van der Waals surface area contributed by atoms with Gasteiger partial charge in [0.15, 0.2) is 5.82 Å². The number of rotatable bonds is 8. The summed E-state index contributed by atoms with van der Waals surface area (Å²) >= 11 is 0. The van der Waals surface area contributed by atoms with E-state index >= 15 is 0 Å². The molecule has 42 heavy (non-hydrogen) atoms. The number of fused-ring (bicyclic) bond motifs is 4. The third-order valence-electron chi connectivity index (χ3n) is 9.90. The molecule has 2 unspecified atom stereocenters. The predicted octanol–water partition coefficient (Wildman–Crippen LogP) is 3.66. The third kappa shape index (κ3) is 4.06. The molecular formula is C32H37N7O3. The zero-order valence-corrected chi connectivity index (χ0v) is 24.0. The average Bonchev–Trinajstić information content (AvgIpc) is 3.27. The van der Waals surface area contributed by atoms with Gasteiger partial charge in [-0.15, -0.1) is 0 Å². The first kappa shape index (κ1) is 25.6. The lowest BCUT2D eigenvalue weighted by Crippen LogP contribution is -2.41. The molecule has 2 aromatic carbocycles. The van der Waals surface area contributed by atoms with Gasteiger partial charge in [0.05, 0.1) is 18.3 Å². The molecule has 8 rings (SSSR count). The molecule has 0 spiro atoms. The van der Waals surface area contributed by atoms with Crippen LogP contribution in [0.1, 0.15) is 36.0 Å². The van der Waals surface area contributed by atoms with Gasteiger partial charge < -0.3 is 34.7 Å². The highest BCUT2D eigenvalue weighted by atomic mass is 16.5. The summed E-state index contributed by atoms with van der Waals surface area (Å²) in [6.07, 6.45) is 4.54. The molecule has 218 valence electrons. The zero-order valence-electron chi connectivity index (χ0n) is 24.0. The summed E-state index contributed by atoms with van der Waals surface area (Å²) in [6.45, 7) is 4.09. The SMILES string of the molecule is COc1cc(C(=O)N2CC3CCC2[C@@H]3N)cc2nc(-c3cc4ccccc4n3CC3CC3)n(CCN3CCNC3=O)c12. The molecule has 3 N–H and O–H groups in total. The highest BCUT2D eigenvalue weighted by molar-refractivity contribution is 6.00. The van der Waals surface area contributed by atoms with Gasteiger partial charge in [-0.25, -0.2) is 9.78 Å². The molecule has 2 bridgehead atoms. The van der Waals surface area contributed by atoms with Crippen LogP contribution in [0.3, 0.4) is 0 Å². The van der Waals surface area contributed by atoms with Crippen molar-refractivity contribution in [1.82, 2.24) is 29.2 Å². The van der Waals surface area contributed by atoms with Crippen molar-refractivity contribution in [3.05, 3.63) is 48.0 Å². The summed E-state index contributed by atoms with van der Waals surface area (Å²) < 4.78 is 10.5. The minimum Gasteiger partial charge on any atom is -0.494 e. The average molecular weight is 568 g/mol. The first-order valence-corrected chi connectivity index (χ1v) is 15.3. The van der Waals surface area contributed by atoms with E-state index < -0.39 is 0 Å². The van der Waals surface area contributed by atoms with Crippen molar-refractivity contribution >= 4 is 33.9 Å². The van der Waals surface area contributed by atoms with Gasteiger partial charge in [0.1, 0.15) is 11.3 Å². The molecule has 3 amide bonds. The van der Waals surface area contributed by atoms with Gasteiger partial charge in [-0.3, -0.25) is 4.79 Å². The summed E-state index contributed by atoms with van der Waals surface area (Å²) in [5.41, 5.74) is 10.8. The normalized spacial score (nSPS) is 23.5. The highest BCUT2D eigenvalue weighted by Gasteiger charge is 2.47. The molecule has 3 atom stereocenters. The Balaban J connectivity index is 1.27. The number of likely N-dealkylation sites (tertiary alicyclic amines) is 1. The van der Waals surface area contributed by atoms with Gasteiger partial charge in [0.2, 0.25) is 0 Å². The van der Waals surface area contributed by atoms with E-state index in [1.807, 2.05) is 21.9 Å². The highest BCUT2D eigenvalue weighted by Crippen LogP contribution is 2.40. The fourth-order valence-corrected chi connectivity index (χ4v) is 7.47. The number of aromatic nitrogens is 3. The Morgan fingerprint density at radius 2 is 1.95 bits per heavy atom. The van der Waals surface area contributed by atoms with E-state index in [1.54, 1.807) is 7.11 Å². The number of amides is 3. The van der Waals surface area contributed by atoms with Crippen molar-refractivity contribution in [3.8, 4) is 17.3 Å². The van der Waals surface area contributed by atoms with E-state index in [0.29, 0.717) is 55.9 Å². The number of para-hydroxylation sites is 1. The molecule has 4 aromatic rings. The van der Waals surface area contributed by atoms with E-state index in [4.69, 9.17) is 15.5 Å². The number of hydrogen-bond acceptors (Lipinski definition) is 5. The molecule has 0 radical (unpaired) electrons. The largest absolute Gasteiger partial charge is 0.494 e. The molecule has 4 fully saturated rings. The maximum absolute atomic E-state index is 13.8. The number of nitrogens with two attached hydrogens (primary N) is 1. The first-order valence-electron chi connectivity index (χ1n) is 15.3. The Hall–Kier alpha value is -4.05. The number of nitrogens with zero attached hydrogens (tertiary/aromatic N) is 5. The summed E-state index contributed by atoms with van der Waals surface area (Å²) in [6, 6.07) is 14.6. The number of ether oxygens (including phenoxy) is 1. The second kappa shape index (κ2) is 9.76. The van der Waals surface area contributed by atoms with Crippen molar-refractivity contribution in [2.24, 2.45) is 17.6 Å². The van der Waals surface area contributed by atoms with Crippen molar-refractivity contribution in [3.63, 3.8) is 0 Å². The van der Waals surface area contributed by atoms with Gasteiger partial charge in [-0.05, 0) is 61.8 Å². The van der Waals surface area contributed by atoms with Crippen LogP contribution in [0.25, 0.3) is 33.5 Å². The third-order valence-corrected chi connectivity index (χ3v) is 9.90. The molecule has 10 nitrogen and oxygen atoms in total. The summed E-state index contributed by atoms with van der Waals surface area (Å²) in [4.78, 5) is 35.2. The Bertz CT molecular complexity index is 1720. The fourth-order valence-electron chi connectivity index (χ4n) is 7.47. The summed E-state index contributed by atoms with van der Waals surface area (Å²) in [5.74, 6) is 2.48. The van der Waals surface area contributed by atoms with Gasteiger partial charge in [0.25, 0.3) is 5.91 Å². The Kier molecular flexibility index (Phi) is 5.96. The van der Waals surface area contributed by atoms with Gasteiger partial charge >= 0.3 is 6.03 Å². The van der Waals surface area contributed by atoms with Crippen LogP contribution in [0.4, 0.5) is 4.79 Å². The maximum Gasteiger partial charge on any atom is 0.317 e. The smallest absolute Gasteiger partial charge is 0.317 e. The second-order valence-corrected chi connectivity index (χ2v) is 12.4. The van der Waals surface area contributed by atoms with E-state index in [-0.39, 0.29) is 24.0 Å². The van der Waals surface area contributed by atoms with Gasteiger partial charge in [-0.1, -0.05) is 18.2 Å². The minimum absolute atomic E-state index is 0.00876. The number of benzene rings is 2. The van der Waals surface area contributed by atoms with Crippen molar-refractivity contribution in [1.29, 1.82) is 0 Å². The number of nitrogens with one attached hydrogen (secondary N) is 1. The van der Waals surface area contributed by atoms with Gasteiger partial charge in [-0.2, -0.15) is 0 Å². The Labute approximate surface area is 244 Å². The van der Waals surface area contributed by atoms with E-state index in [1.165, 1.54) is 23.7 Å². The number of urea groups is 1. The summed E-state index contributed by atoms with van der Waals surface area (Å²) in [7, 11) is 1.64. The number of carbonyl (C=O) groups is 2. The van der Waals surface area contributed by atoms with Crippen molar-refractivity contribution < 1.29 is 14.3 Å². The molecule has 2 aromatic heterocycles. The van der Waals surface area contributed by atoms with E-state index in [9.17, 15) is 9.59 Å². The van der Waals surface area contributed by atoms with Crippen LogP contribution in [0.5, 0.6) is 5.75 Å². The van der Waals surface area contributed by atoms with Crippen LogP contribution >= 0.6 is 0 Å². The molecular weight excluding hydrogens is 530 g/mol. The fraction of sp³-hybridized carbons (Fsp3) is 0.469. The molecule has 2 saturated carbocycles. The molecule has 10 heteroatoms. The summed E-state index contributed by atoms with van der Waals surface area (Å²) in [5, 5.41) is 4.08. The number of imidazole rings is 1. The van der Waals surface area contributed by atoms with Crippen molar-refractivity contribution in [2.75, 3.05) is 33.3 Å². The lowest BCUT2D eigenvalue weighted by molar-refractivity contribution is 0.0700. The van der Waals surface area contributed by atoms with Crippen LogP contribution in [0.15, 0.2) is 42.5 Å². The second-order valence-electron chi connectivity index (χ2n) is 12.4. The van der Waals surface area contributed by atoms with Crippen LogP contribution in [-0.2, 0) is 13.1 Å². The quantitative estimate of drug-likeness (QED) is 0.338. The van der Waals surface area contributed by atoms with Crippen molar-refractivity contribution in [2.45, 2.75) is 50.9 Å². The standard InChI is InChI=1S/C32H37N7O3/c1-42-27-16-22(31(40)39-18-21-8-9-25(39)28(21)33)14-23-29(27)37(13-12-36-11-10-34-32(36)41)30(35-23)26-15-20-4-2-3-5-24(20)38(26)17-19-6-7-19/h2-5,14-16,19,21,25,28H,6-13,17-18,33H2,1H3,(H,34,41)/t21?,25?,28-/m1/s1. The lowest BCUT2D eigenvalue weighted by atomic mass is 10.1. The monoisotopic (exact) mass is 567 g/mol. The Morgan fingerprint density at radius 3 is 2.67 bits per heavy atom. The topological polar surface area (TPSA) is 111 Å². The number of hydrogen-bond donors (Lipinski definition) is 2. The van der Waals surface area contributed by atoms with E-state index in [2.05, 4.69) is 44.8 Å². The van der Waals surface area contributed by atoms with Crippen LogP contribution in [0, 0.1) is 11.8 Å². The molecule has 4 aliphatic rings. The van der Waals surface area contributed by atoms with Crippen LogP contribution in [0.2, 0.25) is 0 Å². The molecule has 4 heterocycles. The van der Waals surface area contributed by atoms with Crippen LogP contribution < -0.4 is 15.8 Å². The number of piperidine rings is 1. The van der Waals surface area contributed by atoms with E-state index in [0.717, 1.165) is 41.9 Å². The van der Waals surface area contributed by atoms with Crippen LogP contribution in [-0.4, -0.2) is 81.2 Å². The first-order chi connectivity index (χ1) is 20.5. The molecule has 2 aliphatic heterocycles. The molecule has 2 saturated heterocycles. The number of carbonyl (C=O) groups excluding carboxylic acids is 2. The minimum atomic E-state index is -0.0400. The molecule has 2 aliphatic carbocycles. The van der Waals surface area contributed by atoms with Gasteiger partial charge in [0, 0.05) is 67.8 Å². The maximum atomic E-state index is 13.8. The number of methoxy groups -OCH3 is 1. The lowest BCUT2D eigenvalue weighted by Gasteiger charge is -2.27. The Morgan fingerprint density at radius 1 is 1.10 bits per heavy atom.